The Bertz CT molecular complexity index is 357. The van der Waals surface area contributed by atoms with Gasteiger partial charge in [0.2, 0.25) is 0 Å². The molecule has 1 unspecified atom stereocenters. The minimum atomic E-state index is 0.0919. The molecule has 1 rings (SSSR count). The van der Waals surface area contributed by atoms with Crippen LogP contribution in [-0.4, -0.2) is 18.0 Å². The lowest BCUT2D eigenvalue weighted by atomic mass is 10.0. The first-order valence-electron chi connectivity index (χ1n) is 4.41. The second kappa shape index (κ2) is 5.04. The molecule has 1 aromatic rings. The quantitative estimate of drug-likeness (QED) is 0.774. The molecule has 0 bridgehead atoms. The van der Waals surface area contributed by atoms with Crippen LogP contribution in [0.5, 0.6) is 0 Å². The molecule has 0 aliphatic carbocycles. The van der Waals surface area contributed by atoms with Gasteiger partial charge in [-0.05, 0) is 30.0 Å². The van der Waals surface area contributed by atoms with E-state index in [4.69, 9.17) is 10.4 Å². The van der Waals surface area contributed by atoms with E-state index in [0.717, 1.165) is 10.5 Å². The minimum absolute atomic E-state index is 0.0919. The van der Waals surface area contributed by atoms with Gasteiger partial charge >= 0.3 is 0 Å². The van der Waals surface area contributed by atoms with E-state index in [1.165, 1.54) is 0 Å². The number of aliphatic hydroxyl groups is 1. The third-order valence-corrected chi connectivity index (χ3v) is 2.84. The lowest BCUT2D eigenvalue weighted by molar-refractivity contribution is 0.273. The molecule has 1 N–H and O–H groups in total. The Morgan fingerprint density at radius 1 is 1.50 bits per heavy atom. The maximum atomic E-state index is 9.03. The van der Waals surface area contributed by atoms with E-state index in [1.807, 2.05) is 31.4 Å². The standard InChI is InChI=1S/C11H13NOS/c1-8(7-13)10-3-9(6-12)4-11(5-10)14-2/h3-5,8,13H,7H2,1-2H3. The van der Waals surface area contributed by atoms with Gasteiger partial charge in [-0.1, -0.05) is 6.92 Å². The summed E-state index contributed by atoms with van der Waals surface area (Å²) in [7, 11) is 0. The molecule has 14 heavy (non-hydrogen) atoms. The number of thioether (sulfide) groups is 1. The summed E-state index contributed by atoms with van der Waals surface area (Å²) in [6, 6.07) is 7.84. The smallest absolute Gasteiger partial charge is 0.0992 e. The lowest BCUT2D eigenvalue weighted by Crippen LogP contribution is -1.99. The Morgan fingerprint density at radius 3 is 2.71 bits per heavy atom. The molecule has 0 fully saturated rings. The molecule has 0 aromatic heterocycles. The summed E-state index contributed by atoms with van der Waals surface area (Å²) in [4.78, 5) is 1.07. The van der Waals surface area contributed by atoms with Gasteiger partial charge in [-0.3, -0.25) is 0 Å². The second-order valence-electron chi connectivity index (χ2n) is 3.19. The Kier molecular flexibility index (Phi) is 3.99. The van der Waals surface area contributed by atoms with Gasteiger partial charge in [-0.2, -0.15) is 5.26 Å². The van der Waals surface area contributed by atoms with Crippen molar-refractivity contribution in [1.29, 1.82) is 5.26 Å². The first-order valence-corrected chi connectivity index (χ1v) is 5.63. The molecule has 0 amide bonds. The number of hydrogen-bond acceptors (Lipinski definition) is 3. The molecule has 0 radical (unpaired) electrons. The van der Waals surface area contributed by atoms with Crippen molar-refractivity contribution in [2.24, 2.45) is 0 Å². The van der Waals surface area contributed by atoms with Crippen LogP contribution in [0.1, 0.15) is 24.0 Å². The highest BCUT2D eigenvalue weighted by atomic mass is 32.2. The second-order valence-corrected chi connectivity index (χ2v) is 4.07. The zero-order valence-electron chi connectivity index (χ0n) is 8.32. The Morgan fingerprint density at radius 2 is 2.21 bits per heavy atom. The largest absolute Gasteiger partial charge is 0.396 e. The zero-order chi connectivity index (χ0) is 10.6. The molecule has 0 saturated heterocycles. The van der Waals surface area contributed by atoms with E-state index in [2.05, 4.69) is 6.07 Å². The molecule has 74 valence electrons. The van der Waals surface area contributed by atoms with E-state index >= 15 is 0 Å². The van der Waals surface area contributed by atoms with Gasteiger partial charge in [0, 0.05) is 17.4 Å². The monoisotopic (exact) mass is 207 g/mol. The van der Waals surface area contributed by atoms with Crippen LogP contribution in [0.2, 0.25) is 0 Å². The van der Waals surface area contributed by atoms with Crippen LogP contribution in [0.15, 0.2) is 23.1 Å². The predicted molar refractivity (Wildman–Crippen MR) is 58.4 cm³/mol. The van der Waals surface area contributed by atoms with Crippen molar-refractivity contribution in [3.05, 3.63) is 29.3 Å². The summed E-state index contributed by atoms with van der Waals surface area (Å²) in [6.07, 6.45) is 1.98. The number of hydrogen-bond donors (Lipinski definition) is 1. The SMILES string of the molecule is CSc1cc(C#N)cc(C(C)CO)c1. The molecule has 2 nitrogen and oxygen atoms in total. The molecule has 0 aliphatic heterocycles. The molecular weight excluding hydrogens is 194 g/mol. The van der Waals surface area contributed by atoms with Gasteiger partial charge in [-0.25, -0.2) is 0 Å². The fourth-order valence-corrected chi connectivity index (χ4v) is 1.69. The summed E-state index contributed by atoms with van der Waals surface area (Å²) in [5.41, 5.74) is 1.68. The van der Waals surface area contributed by atoms with Crippen molar-refractivity contribution < 1.29 is 5.11 Å². The number of nitrogens with zero attached hydrogens (tertiary/aromatic N) is 1. The van der Waals surface area contributed by atoms with Crippen LogP contribution < -0.4 is 0 Å². The maximum absolute atomic E-state index is 9.03. The topological polar surface area (TPSA) is 44.0 Å². The minimum Gasteiger partial charge on any atom is -0.396 e. The average molecular weight is 207 g/mol. The first kappa shape index (κ1) is 11.1. The first-order chi connectivity index (χ1) is 6.71. The third-order valence-electron chi connectivity index (χ3n) is 2.14. The van der Waals surface area contributed by atoms with Crippen molar-refractivity contribution in [1.82, 2.24) is 0 Å². The normalized spacial score (nSPS) is 12.1. The number of nitriles is 1. The van der Waals surface area contributed by atoms with Crippen LogP contribution in [0, 0.1) is 11.3 Å². The summed E-state index contributed by atoms with van der Waals surface area (Å²) < 4.78 is 0. The average Bonchev–Trinajstić information content (AvgIpc) is 2.27. The number of benzene rings is 1. The van der Waals surface area contributed by atoms with Crippen molar-refractivity contribution in [3.63, 3.8) is 0 Å². The fourth-order valence-electron chi connectivity index (χ4n) is 1.19. The van der Waals surface area contributed by atoms with Crippen molar-refractivity contribution in [2.45, 2.75) is 17.7 Å². The van der Waals surface area contributed by atoms with E-state index < -0.39 is 0 Å². The van der Waals surface area contributed by atoms with Crippen molar-refractivity contribution >= 4 is 11.8 Å². The third kappa shape index (κ3) is 2.50. The predicted octanol–water partition coefficient (Wildman–Crippen LogP) is 2.38. The number of aliphatic hydroxyl groups excluding tert-OH is 1. The van der Waals surface area contributed by atoms with Crippen LogP contribution in [0.3, 0.4) is 0 Å². The van der Waals surface area contributed by atoms with E-state index in [-0.39, 0.29) is 12.5 Å². The highest BCUT2D eigenvalue weighted by molar-refractivity contribution is 7.98. The van der Waals surface area contributed by atoms with Crippen LogP contribution in [-0.2, 0) is 0 Å². The molecular formula is C11H13NOS. The fraction of sp³-hybridized carbons (Fsp3) is 0.364. The summed E-state index contributed by atoms with van der Waals surface area (Å²) in [5, 5.41) is 17.8. The summed E-state index contributed by atoms with van der Waals surface area (Å²) >= 11 is 1.61. The Hall–Kier alpha value is -0.980. The maximum Gasteiger partial charge on any atom is 0.0992 e. The number of rotatable bonds is 3. The zero-order valence-corrected chi connectivity index (χ0v) is 9.14. The van der Waals surface area contributed by atoms with E-state index in [0.29, 0.717) is 5.56 Å². The van der Waals surface area contributed by atoms with Crippen LogP contribution in [0.4, 0.5) is 0 Å². The van der Waals surface area contributed by atoms with Crippen molar-refractivity contribution in [3.8, 4) is 6.07 Å². The molecule has 1 atom stereocenters. The molecule has 0 saturated carbocycles. The van der Waals surface area contributed by atoms with Gasteiger partial charge in [0.15, 0.2) is 0 Å². The summed E-state index contributed by atoms with van der Waals surface area (Å²) in [6.45, 7) is 2.06. The van der Waals surface area contributed by atoms with E-state index in [1.54, 1.807) is 11.8 Å². The molecule has 0 heterocycles. The summed E-state index contributed by atoms with van der Waals surface area (Å²) in [5.74, 6) is 0.0919. The van der Waals surface area contributed by atoms with Crippen LogP contribution >= 0.6 is 11.8 Å². The van der Waals surface area contributed by atoms with Gasteiger partial charge in [0.05, 0.1) is 11.6 Å². The highest BCUT2D eigenvalue weighted by Gasteiger charge is 2.06. The van der Waals surface area contributed by atoms with Gasteiger partial charge < -0.3 is 5.11 Å². The highest BCUT2D eigenvalue weighted by Crippen LogP contribution is 2.23. The van der Waals surface area contributed by atoms with E-state index in [9.17, 15) is 0 Å². The van der Waals surface area contributed by atoms with Crippen molar-refractivity contribution in [2.75, 3.05) is 12.9 Å². The molecule has 3 heteroatoms. The Labute approximate surface area is 88.6 Å². The van der Waals surface area contributed by atoms with Gasteiger partial charge in [0.25, 0.3) is 0 Å². The van der Waals surface area contributed by atoms with Gasteiger partial charge in [0.1, 0.15) is 0 Å². The van der Waals surface area contributed by atoms with Crippen LogP contribution in [0.25, 0.3) is 0 Å². The lowest BCUT2D eigenvalue weighted by Gasteiger charge is -2.10. The Balaban J connectivity index is 3.12. The molecule has 0 aliphatic rings. The molecule has 1 aromatic carbocycles. The van der Waals surface area contributed by atoms with Gasteiger partial charge in [-0.15, -0.1) is 11.8 Å². The molecule has 0 spiro atoms.